The lowest BCUT2D eigenvalue weighted by atomic mass is 10.1. The molecular formula is C15H26N4S. The molecule has 20 heavy (non-hydrogen) atoms. The van der Waals surface area contributed by atoms with Crippen molar-refractivity contribution in [1.82, 2.24) is 20.2 Å². The maximum atomic E-state index is 4.80. The predicted molar refractivity (Wildman–Crippen MR) is 86.4 cm³/mol. The number of thioether (sulfide) groups is 1. The molecule has 0 bridgehead atoms. The Labute approximate surface area is 126 Å². The highest BCUT2D eigenvalue weighted by Gasteiger charge is 2.24. The van der Waals surface area contributed by atoms with E-state index < -0.39 is 0 Å². The molecular weight excluding hydrogens is 268 g/mol. The molecule has 1 aromatic heterocycles. The lowest BCUT2D eigenvalue weighted by Crippen LogP contribution is -2.34. The van der Waals surface area contributed by atoms with Crippen molar-refractivity contribution in [1.29, 1.82) is 0 Å². The van der Waals surface area contributed by atoms with Gasteiger partial charge in [-0.25, -0.2) is 9.97 Å². The number of hydrogen-bond acceptors (Lipinski definition) is 5. The van der Waals surface area contributed by atoms with E-state index in [9.17, 15) is 0 Å². The molecule has 0 amide bonds. The molecule has 0 radical (unpaired) electrons. The molecule has 1 N–H and O–H groups in total. The Hall–Kier alpha value is -0.650. The molecule has 1 aromatic rings. The predicted octanol–water partition coefficient (Wildman–Crippen LogP) is 1.97. The van der Waals surface area contributed by atoms with Crippen LogP contribution in [-0.4, -0.2) is 53.6 Å². The zero-order valence-corrected chi connectivity index (χ0v) is 13.9. The lowest BCUT2D eigenvalue weighted by Gasteiger charge is -2.31. The van der Waals surface area contributed by atoms with E-state index in [1.54, 1.807) is 0 Å². The average Bonchev–Trinajstić information content (AvgIpc) is 2.42. The first kappa shape index (κ1) is 15.7. The van der Waals surface area contributed by atoms with Crippen molar-refractivity contribution in [2.24, 2.45) is 0 Å². The van der Waals surface area contributed by atoms with Gasteiger partial charge in [0.1, 0.15) is 5.82 Å². The van der Waals surface area contributed by atoms with E-state index in [2.05, 4.69) is 31.1 Å². The standard InChI is InChI=1S/C15H26N4S/c1-11-13(6-5-7-16-3)12(2)18-15(17-11)14-10-20-9-8-19(14)4/h14,16H,5-10H2,1-4H3. The van der Waals surface area contributed by atoms with E-state index in [1.165, 1.54) is 11.3 Å². The van der Waals surface area contributed by atoms with Gasteiger partial charge in [-0.2, -0.15) is 11.8 Å². The van der Waals surface area contributed by atoms with Gasteiger partial charge < -0.3 is 5.32 Å². The number of aromatic nitrogens is 2. The van der Waals surface area contributed by atoms with Gasteiger partial charge in [0.2, 0.25) is 0 Å². The summed E-state index contributed by atoms with van der Waals surface area (Å²) in [6.07, 6.45) is 2.20. The SMILES string of the molecule is CNCCCc1c(C)nc(C2CSCCN2C)nc1C. The van der Waals surface area contributed by atoms with Gasteiger partial charge >= 0.3 is 0 Å². The van der Waals surface area contributed by atoms with Crippen molar-refractivity contribution in [3.63, 3.8) is 0 Å². The second-order valence-corrected chi connectivity index (χ2v) is 6.66. The van der Waals surface area contributed by atoms with E-state index in [0.29, 0.717) is 6.04 Å². The minimum absolute atomic E-state index is 0.373. The summed E-state index contributed by atoms with van der Waals surface area (Å²) >= 11 is 2.00. The van der Waals surface area contributed by atoms with Crippen LogP contribution in [0.4, 0.5) is 0 Å². The van der Waals surface area contributed by atoms with Gasteiger partial charge in [-0.15, -0.1) is 0 Å². The fraction of sp³-hybridized carbons (Fsp3) is 0.733. The molecule has 2 heterocycles. The summed E-state index contributed by atoms with van der Waals surface area (Å²) in [7, 11) is 4.18. The molecule has 1 aliphatic heterocycles. The molecule has 5 heteroatoms. The largest absolute Gasteiger partial charge is 0.320 e. The fourth-order valence-corrected chi connectivity index (χ4v) is 3.89. The first-order valence-electron chi connectivity index (χ1n) is 7.40. The number of aryl methyl sites for hydroxylation is 2. The van der Waals surface area contributed by atoms with Crippen LogP contribution >= 0.6 is 11.8 Å². The van der Waals surface area contributed by atoms with Crippen LogP contribution in [0.1, 0.15) is 35.2 Å². The van der Waals surface area contributed by atoms with E-state index in [-0.39, 0.29) is 0 Å². The highest BCUT2D eigenvalue weighted by atomic mass is 32.2. The molecule has 1 fully saturated rings. The number of nitrogens with one attached hydrogen (secondary N) is 1. The summed E-state index contributed by atoms with van der Waals surface area (Å²) in [6.45, 7) is 6.43. The zero-order chi connectivity index (χ0) is 14.5. The molecule has 1 aliphatic rings. The molecule has 1 unspecified atom stereocenters. The number of nitrogens with zero attached hydrogens (tertiary/aromatic N) is 3. The summed E-state index contributed by atoms with van der Waals surface area (Å²) in [5, 5.41) is 3.20. The van der Waals surface area contributed by atoms with Gasteiger partial charge in [0.15, 0.2) is 0 Å². The molecule has 112 valence electrons. The Morgan fingerprint density at radius 3 is 2.60 bits per heavy atom. The van der Waals surface area contributed by atoms with Crippen molar-refractivity contribution in [3.05, 3.63) is 22.8 Å². The monoisotopic (exact) mass is 294 g/mol. The van der Waals surface area contributed by atoms with Crippen LogP contribution in [0.3, 0.4) is 0 Å². The highest BCUT2D eigenvalue weighted by Crippen LogP contribution is 2.27. The van der Waals surface area contributed by atoms with Crippen molar-refractivity contribution < 1.29 is 0 Å². The van der Waals surface area contributed by atoms with E-state index in [0.717, 1.165) is 48.9 Å². The summed E-state index contributed by atoms with van der Waals surface area (Å²) in [6, 6.07) is 0.373. The molecule has 0 spiro atoms. The molecule has 4 nitrogen and oxygen atoms in total. The number of rotatable bonds is 5. The van der Waals surface area contributed by atoms with Crippen LogP contribution in [0.15, 0.2) is 0 Å². The van der Waals surface area contributed by atoms with E-state index >= 15 is 0 Å². The summed E-state index contributed by atoms with van der Waals surface area (Å²) < 4.78 is 0. The third-order valence-electron chi connectivity index (χ3n) is 3.99. The molecule has 1 atom stereocenters. The molecule has 1 saturated heterocycles. The summed E-state index contributed by atoms with van der Waals surface area (Å²) in [5.74, 6) is 3.33. The maximum absolute atomic E-state index is 4.80. The Bertz CT molecular complexity index is 426. The smallest absolute Gasteiger partial charge is 0.146 e. The Morgan fingerprint density at radius 1 is 1.30 bits per heavy atom. The fourth-order valence-electron chi connectivity index (χ4n) is 2.68. The van der Waals surface area contributed by atoms with Crippen molar-refractivity contribution in [3.8, 4) is 0 Å². The maximum Gasteiger partial charge on any atom is 0.146 e. The topological polar surface area (TPSA) is 41.1 Å². The highest BCUT2D eigenvalue weighted by molar-refractivity contribution is 7.99. The zero-order valence-electron chi connectivity index (χ0n) is 13.1. The molecule has 0 aromatic carbocycles. The van der Waals surface area contributed by atoms with Crippen molar-refractivity contribution >= 4 is 11.8 Å². The van der Waals surface area contributed by atoms with Gasteiger partial charge in [-0.1, -0.05) is 0 Å². The van der Waals surface area contributed by atoms with Gasteiger partial charge in [-0.05, 0) is 52.9 Å². The second kappa shape index (κ2) is 7.38. The van der Waals surface area contributed by atoms with Gasteiger partial charge in [0, 0.05) is 29.4 Å². The molecule has 0 saturated carbocycles. The average molecular weight is 294 g/mol. The van der Waals surface area contributed by atoms with E-state index in [1.807, 2.05) is 18.8 Å². The van der Waals surface area contributed by atoms with Crippen LogP contribution in [0, 0.1) is 13.8 Å². The minimum Gasteiger partial charge on any atom is -0.320 e. The normalized spacial score (nSPS) is 20.3. The lowest BCUT2D eigenvalue weighted by molar-refractivity contribution is 0.264. The summed E-state index contributed by atoms with van der Waals surface area (Å²) in [4.78, 5) is 12.0. The van der Waals surface area contributed by atoms with Crippen LogP contribution in [0.25, 0.3) is 0 Å². The Kier molecular flexibility index (Phi) is 5.81. The third kappa shape index (κ3) is 3.71. The van der Waals surface area contributed by atoms with Gasteiger partial charge in [0.25, 0.3) is 0 Å². The van der Waals surface area contributed by atoms with Crippen LogP contribution in [-0.2, 0) is 6.42 Å². The third-order valence-corrected chi connectivity index (χ3v) is 5.01. The number of hydrogen-bond donors (Lipinski definition) is 1. The first-order chi connectivity index (χ1) is 9.63. The second-order valence-electron chi connectivity index (χ2n) is 5.51. The van der Waals surface area contributed by atoms with Gasteiger partial charge in [0.05, 0.1) is 6.04 Å². The van der Waals surface area contributed by atoms with Crippen LogP contribution < -0.4 is 5.32 Å². The minimum atomic E-state index is 0.373. The van der Waals surface area contributed by atoms with Crippen LogP contribution in [0.2, 0.25) is 0 Å². The Morgan fingerprint density at radius 2 is 2.00 bits per heavy atom. The quantitative estimate of drug-likeness (QED) is 0.841. The first-order valence-corrected chi connectivity index (χ1v) is 8.55. The van der Waals surface area contributed by atoms with Crippen molar-refractivity contribution in [2.45, 2.75) is 32.7 Å². The van der Waals surface area contributed by atoms with E-state index in [4.69, 9.17) is 9.97 Å². The molecule has 2 rings (SSSR count). The Balaban J connectivity index is 2.16. The summed E-state index contributed by atoms with van der Waals surface area (Å²) in [5.41, 5.74) is 3.65. The van der Waals surface area contributed by atoms with Crippen molar-refractivity contribution in [2.75, 3.05) is 38.7 Å². The van der Waals surface area contributed by atoms with Gasteiger partial charge in [-0.3, -0.25) is 4.90 Å². The van der Waals surface area contributed by atoms with Crippen LogP contribution in [0.5, 0.6) is 0 Å². The molecule has 0 aliphatic carbocycles.